The summed E-state index contributed by atoms with van der Waals surface area (Å²) in [5, 5.41) is 9.94. The highest BCUT2D eigenvalue weighted by Gasteiger charge is 2.18. The Morgan fingerprint density at radius 2 is 1.95 bits per heavy atom. The zero-order valence-electron chi connectivity index (χ0n) is 12.1. The van der Waals surface area contributed by atoms with Crippen molar-refractivity contribution in [3.05, 3.63) is 59.4 Å². The van der Waals surface area contributed by atoms with Crippen molar-refractivity contribution in [2.24, 2.45) is 0 Å². The number of nitrogens with zero attached hydrogens (tertiary/aromatic N) is 1. The fourth-order valence-electron chi connectivity index (χ4n) is 2.52. The zero-order chi connectivity index (χ0) is 14.7. The van der Waals surface area contributed by atoms with E-state index in [2.05, 4.69) is 30.9 Å². The Morgan fingerprint density at radius 1 is 1.20 bits per heavy atom. The molecule has 0 heterocycles. The van der Waals surface area contributed by atoms with Gasteiger partial charge in [-0.3, -0.25) is 0 Å². The standard InChI is InChI=1S/C17H20FNO/c1-4-19(15-7-5-6-12(2)10-15)13(3)16-9-8-14(18)11-17(16)20/h5-11,13,20H,4H2,1-3H3. The van der Waals surface area contributed by atoms with Crippen LogP contribution < -0.4 is 4.90 Å². The number of hydrogen-bond acceptors (Lipinski definition) is 2. The van der Waals surface area contributed by atoms with Gasteiger partial charge in [-0.05, 0) is 44.5 Å². The summed E-state index contributed by atoms with van der Waals surface area (Å²) in [7, 11) is 0. The fraction of sp³-hybridized carbons (Fsp3) is 0.294. The molecule has 1 N–H and O–H groups in total. The van der Waals surface area contributed by atoms with Gasteiger partial charge in [-0.1, -0.05) is 18.2 Å². The van der Waals surface area contributed by atoms with Crippen LogP contribution in [0.25, 0.3) is 0 Å². The van der Waals surface area contributed by atoms with Crippen LogP contribution in [0.15, 0.2) is 42.5 Å². The number of anilines is 1. The summed E-state index contributed by atoms with van der Waals surface area (Å²) in [5.74, 6) is -0.416. The van der Waals surface area contributed by atoms with Gasteiger partial charge < -0.3 is 10.0 Å². The minimum Gasteiger partial charge on any atom is -0.507 e. The Balaban J connectivity index is 2.36. The van der Waals surface area contributed by atoms with Crippen LogP contribution in [0.2, 0.25) is 0 Å². The maximum atomic E-state index is 13.1. The fourth-order valence-corrected chi connectivity index (χ4v) is 2.52. The maximum Gasteiger partial charge on any atom is 0.126 e. The minimum atomic E-state index is -0.419. The second-order valence-electron chi connectivity index (χ2n) is 5.00. The molecule has 0 radical (unpaired) electrons. The van der Waals surface area contributed by atoms with E-state index in [9.17, 15) is 9.50 Å². The minimum absolute atomic E-state index is 0.00334. The van der Waals surface area contributed by atoms with E-state index < -0.39 is 5.82 Å². The molecule has 2 aromatic carbocycles. The molecule has 0 spiro atoms. The maximum absolute atomic E-state index is 13.1. The van der Waals surface area contributed by atoms with E-state index >= 15 is 0 Å². The molecule has 1 unspecified atom stereocenters. The normalized spacial score (nSPS) is 12.2. The van der Waals surface area contributed by atoms with Crippen LogP contribution in [0.3, 0.4) is 0 Å². The summed E-state index contributed by atoms with van der Waals surface area (Å²) in [6.45, 7) is 6.94. The molecule has 0 aromatic heterocycles. The smallest absolute Gasteiger partial charge is 0.126 e. The third-order valence-electron chi connectivity index (χ3n) is 3.58. The third kappa shape index (κ3) is 2.93. The van der Waals surface area contributed by atoms with Crippen molar-refractivity contribution in [1.29, 1.82) is 0 Å². The van der Waals surface area contributed by atoms with Gasteiger partial charge in [0.1, 0.15) is 11.6 Å². The Kier molecular flexibility index (Phi) is 4.28. The number of halogens is 1. The zero-order valence-corrected chi connectivity index (χ0v) is 12.1. The first-order chi connectivity index (χ1) is 9.52. The molecule has 0 aliphatic rings. The van der Waals surface area contributed by atoms with E-state index in [-0.39, 0.29) is 11.8 Å². The van der Waals surface area contributed by atoms with Crippen molar-refractivity contribution in [3.63, 3.8) is 0 Å². The summed E-state index contributed by atoms with van der Waals surface area (Å²) in [5.41, 5.74) is 3.02. The van der Waals surface area contributed by atoms with E-state index in [1.54, 1.807) is 6.07 Å². The second-order valence-corrected chi connectivity index (χ2v) is 5.00. The molecule has 0 amide bonds. The lowest BCUT2D eigenvalue weighted by atomic mass is 10.0. The van der Waals surface area contributed by atoms with Crippen LogP contribution in [0.4, 0.5) is 10.1 Å². The van der Waals surface area contributed by atoms with Gasteiger partial charge in [0, 0.05) is 23.9 Å². The van der Waals surface area contributed by atoms with Crippen LogP contribution in [0, 0.1) is 12.7 Å². The molecule has 0 saturated heterocycles. The highest BCUT2D eigenvalue weighted by molar-refractivity contribution is 5.52. The molecule has 2 nitrogen and oxygen atoms in total. The van der Waals surface area contributed by atoms with Gasteiger partial charge in [0.15, 0.2) is 0 Å². The van der Waals surface area contributed by atoms with Gasteiger partial charge in [-0.25, -0.2) is 4.39 Å². The number of rotatable bonds is 4. The monoisotopic (exact) mass is 273 g/mol. The number of phenols is 1. The molecule has 2 aromatic rings. The molecule has 3 heteroatoms. The van der Waals surface area contributed by atoms with Crippen LogP contribution in [0.1, 0.15) is 31.0 Å². The Labute approximate surface area is 119 Å². The lowest BCUT2D eigenvalue weighted by Gasteiger charge is -2.31. The molecule has 20 heavy (non-hydrogen) atoms. The molecule has 0 aliphatic carbocycles. The summed E-state index contributed by atoms with van der Waals surface area (Å²) < 4.78 is 13.1. The Bertz CT molecular complexity index is 597. The number of benzene rings is 2. The second kappa shape index (κ2) is 5.95. The molecule has 0 aliphatic heterocycles. The third-order valence-corrected chi connectivity index (χ3v) is 3.58. The van der Waals surface area contributed by atoms with Crippen molar-refractivity contribution in [1.82, 2.24) is 0 Å². The first-order valence-corrected chi connectivity index (χ1v) is 6.84. The lowest BCUT2D eigenvalue weighted by molar-refractivity contribution is 0.455. The van der Waals surface area contributed by atoms with Crippen molar-refractivity contribution in [3.8, 4) is 5.75 Å². The largest absolute Gasteiger partial charge is 0.507 e. The lowest BCUT2D eigenvalue weighted by Crippen LogP contribution is -2.26. The highest BCUT2D eigenvalue weighted by Crippen LogP contribution is 2.32. The van der Waals surface area contributed by atoms with Gasteiger partial charge in [0.2, 0.25) is 0 Å². The summed E-state index contributed by atoms with van der Waals surface area (Å²) >= 11 is 0. The van der Waals surface area contributed by atoms with E-state index in [0.717, 1.165) is 23.9 Å². The summed E-state index contributed by atoms with van der Waals surface area (Å²) in [6.07, 6.45) is 0. The van der Waals surface area contributed by atoms with E-state index in [1.807, 2.05) is 19.1 Å². The Hall–Kier alpha value is -2.03. The Morgan fingerprint density at radius 3 is 2.55 bits per heavy atom. The van der Waals surface area contributed by atoms with E-state index in [4.69, 9.17) is 0 Å². The molecule has 0 fully saturated rings. The van der Waals surface area contributed by atoms with E-state index in [0.29, 0.717) is 0 Å². The first kappa shape index (κ1) is 14.4. The topological polar surface area (TPSA) is 23.5 Å². The highest BCUT2D eigenvalue weighted by atomic mass is 19.1. The molecular weight excluding hydrogens is 253 g/mol. The van der Waals surface area contributed by atoms with Crippen LogP contribution in [-0.2, 0) is 0 Å². The van der Waals surface area contributed by atoms with Gasteiger partial charge in [0.05, 0.1) is 6.04 Å². The van der Waals surface area contributed by atoms with E-state index in [1.165, 1.54) is 11.6 Å². The number of hydrogen-bond donors (Lipinski definition) is 1. The van der Waals surface area contributed by atoms with Gasteiger partial charge in [-0.2, -0.15) is 0 Å². The number of aryl methyl sites for hydroxylation is 1. The van der Waals surface area contributed by atoms with Gasteiger partial charge in [0.25, 0.3) is 0 Å². The number of aromatic hydroxyl groups is 1. The molecule has 2 rings (SSSR count). The predicted molar refractivity (Wildman–Crippen MR) is 80.7 cm³/mol. The molecule has 0 saturated carbocycles. The predicted octanol–water partition coefficient (Wildman–Crippen LogP) is 4.43. The van der Waals surface area contributed by atoms with Crippen molar-refractivity contribution >= 4 is 5.69 Å². The SMILES string of the molecule is CCN(c1cccc(C)c1)C(C)c1ccc(F)cc1O. The van der Waals surface area contributed by atoms with Crippen molar-refractivity contribution < 1.29 is 9.50 Å². The van der Waals surface area contributed by atoms with Crippen LogP contribution in [0.5, 0.6) is 5.75 Å². The average Bonchev–Trinajstić information content (AvgIpc) is 2.39. The van der Waals surface area contributed by atoms with Crippen molar-refractivity contribution in [2.75, 3.05) is 11.4 Å². The molecule has 0 bridgehead atoms. The first-order valence-electron chi connectivity index (χ1n) is 6.84. The van der Waals surface area contributed by atoms with Crippen molar-refractivity contribution in [2.45, 2.75) is 26.8 Å². The summed E-state index contributed by atoms with van der Waals surface area (Å²) in [6, 6.07) is 12.4. The van der Waals surface area contributed by atoms with Gasteiger partial charge >= 0.3 is 0 Å². The van der Waals surface area contributed by atoms with Crippen LogP contribution in [-0.4, -0.2) is 11.7 Å². The molecule has 106 valence electrons. The molecular formula is C17H20FNO. The van der Waals surface area contributed by atoms with Gasteiger partial charge in [-0.15, -0.1) is 0 Å². The number of phenolic OH excluding ortho intramolecular Hbond substituents is 1. The summed E-state index contributed by atoms with van der Waals surface area (Å²) in [4.78, 5) is 2.18. The average molecular weight is 273 g/mol. The van der Waals surface area contributed by atoms with Crippen LogP contribution >= 0.6 is 0 Å². The molecule has 1 atom stereocenters. The quantitative estimate of drug-likeness (QED) is 0.891.